The van der Waals surface area contributed by atoms with Gasteiger partial charge in [-0.3, -0.25) is 0 Å². The molecule has 1 aromatic carbocycles. The number of hydrogen-bond donors (Lipinski definition) is 2. The number of rotatable bonds is 6. The minimum absolute atomic E-state index is 0.0887. The Bertz CT molecular complexity index is 870. The Hall–Kier alpha value is -1.31. The average Bonchev–Trinajstić information content (AvgIpc) is 3.23. The molecule has 0 aliphatic carbocycles. The van der Waals surface area contributed by atoms with E-state index in [2.05, 4.69) is 25.5 Å². The zero-order valence-electron chi connectivity index (χ0n) is 16.9. The number of benzene rings is 1. The second-order valence-corrected chi connectivity index (χ2v) is 9.09. The predicted octanol–water partition coefficient (Wildman–Crippen LogP) is 4.96. The van der Waals surface area contributed by atoms with Crippen molar-refractivity contribution < 1.29 is 4.74 Å². The molecule has 0 radical (unpaired) electrons. The van der Waals surface area contributed by atoms with Crippen LogP contribution in [0.15, 0.2) is 24.4 Å². The first-order valence-corrected chi connectivity index (χ1v) is 11.5. The highest BCUT2D eigenvalue weighted by Gasteiger charge is 2.26. The number of nitrogens with zero attached hydrogens (tertiary/aromatic N) is 3. The fourth-order valence-electron chi connectivity index (χ4n) is 3.96. The lowest BCUT2D eigenvalue weighted by Gasteiger charge is -2.33. The second kappa shape index (κ2) is 9.88. The number of anilines is 2. The molecule has 1 aromatic heterocycles. The second-order valence-electron chi connectivity index (χ2n) is 7.84. The van der Waals surface area contributed by atoms with Gasteiger partial charge in [-0.15, -0.1) is 0 Å². The van der Waals surface area contributed by atoms with Crippen molar-refractivity contribution >= 4 is 46.6 Å². The summed E-state index contributed by atoms with van der Waals surface area (Å²) < 4.78 is 6.22. The van der Waals surface area contributed by atoms with E-state index in [0.717, 1.165) is 51.0 Å². The van der Waals surface area contributed by atoms with Crippen molar-refractivity contribution in [2.75, 3.05) is 36.4 Å². The summed E-state index contributed by atoms with van der Waals surface area (Å²) in [6.07, 6.45) is 5.36. The van der Waals surface area contributed by atoms with E-state index in [0.29, 0.717) is 39.0 Å². The van der Waals surface area contributed by atoms with Crippen molar-refractivity contribution in [2.24, 2.45) is 0 Å². The monoisotopic (exact) mass is 469 g/mol. The third-order valence-corrected chi connectivity index (χ3v) is 6.48. The van der Waals surface area contributed by atoms with Crippen LogP contribution in [0.4, 0.5) is 11.8 Å². The molecule has 2 aromatic rings. The Morgan fingerprint density at radius 1 is 1.13 bits per heavy atom. The number of halogens is 3. The Morgan fingerprint density at radius 3 is 2.63 bits per heavy atom. The van der Waals surface area contributed by atoms with Crippen LogP contribution >= 0.6 is 34.8 Å². The molecule has 4 rings (SSSR count). The first kappa shape index (κ1) is 21.9. The van der Waals surface area contributed by atoms with Crippen LogP contribution in [-0.2, 0) is 4.74 Å². The van der Waals surface area contributed by atoms with E-state index in [4.69, 9.17) is 39.5 Å². The lowest BCUT2D eigenvalue weighted by Crippen LogP contribution is -2.39. The van der Waals surface area contributed by atoms with E-state index < -0.39 is 0 Å². The van der Waals surface area contributed by atoms with Gasteiger partial charge in [-0.1, -0.05) is 40.9 Å². The predicted molar refractivity (Wildman–Crippen MR) is 123 cm³/mol. The lowest BCUT2D eigenvalue weighted by atomic mass is 10.1. The highest BCUT2D eigenvalue weighted by atomic mass is 35.5. The van der Waals surface area contributed by atoms with Crippen molar-refractivity contribution in [3.05, 3.63) is 45.0 Å². The zero-order chi connectivity index (χ0) is 21.1. The summed E-state index contributed by atoms with van der Waals surface area (Å²) in [5.74, 6) is 1.27. The Kier molecular flexibility index (Phi) is 7.21. The normalized spacial score (nSPS) is 21.1. The minimum Gasteiger partial charge on any atom is -0.373 e. The van der Waals surface area contributed by atoms with E-state index in [1.54, 1.807) is 12.3 Å². The number of nitrogens with one attached hydrogen (secondary N) is 2. The van der Waals surface area contributed by atoms with Gasteiger partial charge in [0.15, 0.2) is 5.82 Å². The largest absolute Gasteiger partial charge is 0.373 e. The van der Waals surface area contributed by atoms with Crippen LogP contribution in [0.3, 0.4) is 0 Å². The van der Waals surface area contributed by atoms with Crippen LogP contribution in [0.25, 0.3) is 0 Å². The highest BCUT2D eigenvalue weighted by molar-refractivity contribution is 6.35. The molecular weight excluding hydrogens is 445 g/mol. The Morgan fingerprint density at radius 2 is 1.93 bits per heavy atom. The van der Waals surface area contributed by atoms with Crippen LogP contribution in [0.1, 0.15) is 37.8 Å². The molecule has 2 aliphatic heterocycles. The fourth-order valence-corrected chi connectivity index (χ4v) is 4.67. The SMILES string of the molecule is C[C@@H](Nc1nc(N2CCC(O[C@H]3CCNC3)CC2)ncc1Cl)c1ccc(Cl)cc1Cl. The van der Waals surface area contributed by atoms with Crippen molar-refractivity contribution in [3.8, 4) is 0 Å². The zero-order valence-corrected chi connectivity index (χ0v) is 19.1. The number of aromatic nitrogens is 2. The van der Waals surface area contributed by atoms with Crippen molar-refractivity contribution in [1.29, 1.82) is 0 Å². The summed E-state index contributed by atoms with van der Waals surface area (Å²) in [5.41, 5.74) is 0.927. The molecule has 30 heavy (non-hydrogen) atoms. The summed E-state index contributed by atoms with van der Waals surface area (Å²) in [4.78, 5) is 11.3. The summed E-state index contributed by atoms with van der Waals surface area (Å²) >= 11 is 18.7. The molecule has 2 atom stereocenters. The van der Waals surface area contributed by atoms with Gasteiger partial charge in [0.1, 0.15) is 5.02 Å². The Labute approximate surface area is 192 Å². The fraction of sp³-hybridized carbons (Fsp3) is 0.524. The quantitative estimate of drug-likeness (QED) is 0.622. The van der Waals surface area contributed by atoms with Crippen LogP contribution in [0.2, 0.25) is 15.1 Å². The molecule has 2 N–H and O–H groups in total. The molecular formula is C21H26Cl3N5O. The smallest absolute Gasteiger partial charge is 0.227 e. The van der Waals surface area contributed by atoms with Gasteiger partial charge in [0, 0.05) is 29.7 Å². The van der Waals surface area contributed by atoms with E-state index >= 15 is 0 Å². The molecule has 0 spiro atoms. The van der Waals surface area contributed by atoms with E-state index in [1.165, 1.54) is 0 Å². The van der Waals surface area contributed by atoms with Gasteiger partial charge in [-0.25, -0.2) is 4.98 Å². The summed E-state index contributed by atoms with van der Waals surface area (Å²) in [7, 11) is 0. The average molecular weight is 471 g/mol. The summed E-state index contributed by atoms with van der Waals surface area (Å²) in [6.45, 7) is 5.76. The topological polar surface area (TPSA) is 62.3 Å². The standard InChI is InChI=1S/C21H26Cl3N5O/c1-13(17-3-2-14(22)10-18(17)23)27-20-19(24)12-26-21(28-20)29-8-5-15(6-9-29)30-16-4-7-25-11-16/h2-3,10,12-13,15-16,25H,4-9,11H2,1H3,(H,26,27,28)/t13-,16+/m1/s1. The molecule has 2 fully saturated rings. The maximum Gasteiger partial charge on any atom is 0.227 e. The van der Waals surface area contributed by atoms with Crippen LogP contribution in [0, 0.1) is 0 Å². The maximum absolute atomic E-state index is 6.36. The van der Waals surface area contributed by atoms with Crippen molar-refractivity contribution in [1.82, 2.24) is 15.3 Å². The van der Waals surface area contributed by atoms with Crippen LogP contribution in [-0.4, -0.2) is 48.4 Å². The number of piperidine rings is 1. The minimum atomic E-state index is -0.0887. The first-order chi connectivity index (χ1) is 14.5. The molecule has 2 aliphatic rings. The first-order valence-electron chi connectivity index (χ1n) is 10.3. The van der Waals surface area contributed by atoms with Gasteiger partial charge < -0.3 is 20.3 Å². The molecule has 6 nitrogen and oxygen atoms in total. The van der Waals surface area contributed by atoms with Crippen LogP contribution < -0.4 is 15.5 Å². The molecule has 0 saturated carbocycles. The van der Waals surface area contributed by atoms with Gasteiger partial charge in [-0.2, -0.15) is 4.98 Å². The molecule has 3 heterocycles. The molecule has 0 unspecified atom stereocenters. The highest BCUT2D eigenvalue weighted by Crippen LogP contribution is 2.31. The van der Waals surface area contributed by atoms with E-state index in [-0.39, 0.29) is 6.04 Å². The third kappa shape index (κ3) is 5.29. The molecule has 2 saturated heterocycles. The van der Waals surface area contributed by atoms with Gasteiger partial charge >= 0.3 is 0 Å². The molecule has 0 amide bonds. The lowest BCUT2D eigenvalue weighted by molar-refractivity contribution is -0.0132. The molecule has 0 bridgehead atoms. The maximum atomic E-state index is 6.36. The molecule has 162 valence electrons. The van der Waals surface area contributed by atoms with Gasteiger partial charge in [0.05, 0.1) is 24.4 Å². The Balaban J connectivity index is 1.39. The van der Waals surface area contributed by atoms with E-state index in [1.807, 2.05) is 19.1 Å². The summed E-state index contributed by atoms with van der Waals surface area (Å²) in [5, 5.41) is 8.39. The van der Waals surface area contributed by atoms with Crippen molar-refractivity contribution in [2.45, 2.75) is 44.4 Å². The van der Waals surface area contributed by atoms with Crippen molar-refractivity contribution in [3.63, 3.8) is 0 Å². The van der Waals surface area contributed by atoms with Gasteiger partial charge in [0.2, 0.25) is 5.95 Å². The van der Waals surface area contributed by atoms with E-state index in [9.17, 15) is 0 Å². The third-order valence-electron chi connectivity index (χ3n) is 5.64. The van der Waals surface area contributed by atoms with Gasteiger partial charge in [0.25, 0.3) is 0 Å². The van der Waals surface area contributed by atoms with Crippen LogP contribution in [0.5, 0.6) is 0 Å². The molecule has 9 heteroatoms. The number of ether oxygens (including phenoxy) is 1. The van der Waals surface area contributed by atoms with Gasteiger partial charge in [-0.05, 0) is 50.4 Å². The summed E-state index contributed by atoms with van der Waals surface area (Å²) in [6, 6.07) is 5.37. The number of hydrogen-bond acceptors (Lipinski definition) is 6.